The van der Waals surface area contributed by atoms with Crippen molar-refractivity contribution in [1.29, 1.82) is 0 Å². The van der Waals surface area contributed by atoms with Crippen molar-refractivity contribution in [1.82, 2.24) is 9.55 Å². The van der Waals surface area contributed by atoms with E-state index in [2.05, 4.69) is 11.6 Å². The Morgan fingerprint density at radius 1 is 1.19 bits per heavy atom. The summed E-state index contributed by atoms with van der Waals surface area (Å²) in [5.74, 6) is 0.573. The molecule has 0 saturated heterocycles. The fourth-order valence-corrected chi connectivity index (χ4v) is 2.42. The van der Waals surface area contributed by atoms with Gasteiger partial charge < -0.3 is 0 Å². The summed E-state index contributed by atoms with van der Waals surface area (Å²) in [4.78, 5) is 17.3. The van der Waals surface area contributed by atoms with Crippen LogP contribution in [0.15, 0.2) is 61.2 Å². The molecule has 0 saturated carbocycles. The zero-order chi connectivity index (χ0) is 14.8. The molecule has 104 valence electrons. The van der Waals surface area contributed by atoms with E-state index in [1.165, 1.54) is 0 Å². The third-order valence-electron chi connectivity index (χ3n) is 3.25. The molecular weight excluding hydrogens is 284 g/mol. The Labute approximate surface area is 127 Å². The SMILES string of the molecule is C=CCc1nc2ccccc2n1C(=O)c1ccc(Cl)cc1. The molecule has 21 heavy (non-hydrogen) atoms. The second kappa shape index (κ2) is 5.54. The molecule has 0 aliphatic carbocycles. The minimum Gasteiger partial charge on any atom is -0.268 e. The van der Waals surface area contributed by atoms with Gasteiger partial charge in [-0.1, -0.05) is 29.8 Å². The van der Waals surface area contributed by atoms with Gasteiger partial charge in [-0.2, -0.15) is 0 Å². The molecule has 4 heteroatoms. The maximum atomic E-state index is 12.8. The molecule has 1 aromatic heterocycles. The number of imidazole rings is 1. The number of fused-ring (bicyclic) bond motifs is 1. The van der Waals surface area contributed by atoms with Gasteiger partial charge in [-0.05, 0) is 36.4 Å². The first-order valence-electron chi connectivity index (χ1n) is 6.58. The van der Waals surface area contributed by atoms with Gasteiger partial charge in [-0.25, -0.2) is 4.98 Å². The highest BCUT2D eigenvalue weighted by atomic mass is 35.5. The van der Waals surface area contributed by atoms with E-state index in [0.717, 1.165) is 11.0 Å². The molecule has 3 rings (SSSR count). The molecule has 0 aliphatic heterocycles. The third-order valence-corrected chi connectivity index (χ3v) is 3.50. The highest BCUT2D eigenvalue weighted by molar-refractivity contribution is 6.30. The largest absolute Gasteiger partial charge is 0.268 e. The molecule has 3 aromatic rings. The number of benzene rings is 2. The predicted molar refractivity (Wildman–Crippen MR) is 84.8 cm³/mol. The predicted octanol–water partition coefficient (Wildman–Crippen LogP) is 4.11. The molecular formula is C17H13ClN2O. The van der Waals surface area contributed by atoms with Crippen molar-refractivity contribution < 1.29 is 4.79 Å². The van der Waals surface area contributed by atoms with Gasteiger partial charge in [0, 0.05) is 17.0 Å². The van der Waals surface area contributed by atoms with E-state index in [4.69, 9.17) is 11.6 Å². The molecule has 0 fully saturated rings. The van der Waals surface area contributed by atoms with Crippen LogP contribution < -0.4 is 0 Å². The van der Waals surface area contributed by atoms with Crippen molar-refractivity contribution >= 4 is 28.5 Å². The molecule has 0 N–H and O–H groups in total. The summed E-state index contributed by atoms with van der Waals surface area (Å²) < 4.78 is 1.64. The van der Waals surface area contributed by atoms with Gasteiger partial charge in [0.25, 0.3) is 5.91 Å². The maximum Gasteiger partial charge on any atom is 0.263 e. The van der Waals surface area contributed by atoms with Gasteiger partial charge in [0.1, 0.15) is 5.82 Å². The topological polar surface area (TPSA) is 34.9 Å². The number of carbonyl (C=O) groups excluding carboxylic acids is 1. The first-order chi connectivity index (χ1) is 10.2. The minimum absolute atomic E-state index is 0.114. The van der Waals surface area contributed by atoms with Crippen LogP contribution in [0.1, 0.15) is 16.2 Å². The van der Waals surface area contributed by atoms with Crippen LogP contribution >= 0.6 is 11.6 Å². The van der Waals surface area contributed by atoms with E-state index in [1.807, 2.05) is 24.3 Å². The van der Waals surface area contributed by atoms with Gasteiger partial charge in [0.05, 0.1) is 11.0 Å². The van der Waals surface area contributed by atoms with E-state index in [0.29, 0.717) is 22.8 Å². The fourth-order valence-electron chi connectivity index (χ4n) is 2.29. The standard InChI is InChI=1S/C17H13ClN2O/c1-2-5-16-19-14-6-3-4-7-15(14)20(16)17(21)12-8-10-13(18)11-9-12/h2-4,6-11H,1,5H2. The average molecular weight is 297 g/mol. The molecule has 0 aliphatic rings. The summed E-state index contributed by atoms with van der Waals surface area (Å²) in [7, 11) is 0. The summed E-state index contributed by atoms with van der Waals surface area (Å²) in [5, 5.41) is 0.605. The van der Waals surface area contributed by atoms with Crippen molar-refractivity contribution in [2.75, 3.05) is 0 Å². The van der Waals surface area contributed by atoms with E-state index >= 15 is 0 Å². The van der Waals surface area contributed by atoms with Gasteiger partial charge >= 0.3 is 0 Å². The highest BCUT2D eigenvalue weighted by Gasteiger charge is 2.17. The Morgan fingerprint density at radius 3 is 2.62 bits per heavy atom. The Morgan fingerprint density at radius 2 is 1.90 bits per heavy atom. The quantitative estimate of drug-likeness (QED) is 0.682. The molecule has 0 radical (unpaired) electrons. The van der Waals surface area contributed by atoms with Gasteiger partial charge in [-0.3, -0.25) is 9.36 Å². The normalized spacial score (nSPS) is 10.7. The van der Waals surface area contributed by atoms with Crippen molar-refractivity contribution in [3.05, 3.63) is 77.6 Å². The Kier molecular flexibility index (Phi) is 3.59. The van der Waals surface area contributed by atoms with Crippen molar-refractivity contribution in [2.45, 2.75) is 6.42 Å². The van der Waals surface area contributed by atoms with Gasteiger partial charge in [0.2, 0.25) is 0 Å². The van der Waals surface area contributed by atoms with Crippen LogP contribution in [0, 0.1) is 0 Å². The van der Waals surface area contributed by atoms with Crippen LogP contribution in [0.25, 0.3) is 11.0 Å². The first kappa shape index (κ1) is 13.6. The Bertz CT molecular complexity index is 818. The summed E-state index contributed by atoms with van der Waals surface area (Å²) in [5.41, 5.74) is 2.18. The first-order valence-corrected chi connectivity index (χ1v) is 6.96. The molecule has 0 unspecified atom stereocenters. The van der Waals surface area contributed by atoms with E-state index < -0.39 is 0 Å². The number of aromatic nitrogens is 2. The molecule has 0 bridgehead atoms. The summed E-state index contributed by atoms with van der Waals surface area (Å²) in [6, 6.07) is 14.4. The van der Waals surface area contributed by atoms with Crippen LogP contribution in [0.4, 0.5) is 0 Å². The number of rotatable bonds is 3. The van der Waals surface area contributed by atoms with E-state index in [1.54, 1.807) is 34.9 Å². The maximum absolute atomic E-state index is 12.8. The lowest BCUT2D eigenvalue weighted by atomic mass is 10.2. The number of para-hydroxylation sites is 2. The monoisotopic (exact) mass is 296 g/mol. The van der Waals surface area contributed by atoms with E-state index in [-0.39, 0.29) is 5.91 Å². The third kappa shape index (κ3) is 2.48. The van der Waals surface area contributed by atoms with Crippen molar-refractivity contribution in [2.24, 2.45) is 0 Å². The fraction of sp³-hybridized carbons (Fsp3) is 0.0588. The second-order valence-electron chi connectivity index (χ2n) is 4.66. The Balaban J connectivity index is 2.17. The van der Waals surface area contributed by atoms with Gasteiger partial charge in [0.15, 0.2) is 0 Å². The lowest BCUT2D eigenvalue weighted by molar-refractivity contribution is 0.0962. The zero-order valence-electron chi connectivity index (χ0n) is 11.3. The van der Waals surface area contributed by atoms with E-state index in [9.17, 15) is 4.79 Å². The van der Waals surface area contributed by atoms with Crippen LogP contribution in [-0.2, 0) is 6.42 Å². The van der Waals surface area contributed by atoms with Crippen LogP contribution in [0.3, 0.4) is 0 Å². The lowest BCUT2D eigenvalue weighted by Crippen LogP contribution is -2.15. The van der Waals surface area contributed by atoms with Crippen LogP contribution in [0.5, 0.6) is 0 Å². The van der Waals surface area contributed by atoms with Crippen LogP contribution in [-0.4, -0.2) is 15.5 Å². The summed E-state index contributed by atoms with van der Waals surface area (Å²) in [6.07, 6.45) is 2.28. The summed E-state index contributed by atoms with van der Waals surface area (Å²) >= 11 is 5.87. The summed E-state index contributed by atoms with van der Waals surface area (Å²) in [6.45, 7) is 3.73. The number of nitrogens with zero attached hydrogens (tertiary/aromatic N) is 2. The highest BCUT2D eigenvalue weighted by Crippen LogP contribution is 2.19. The minimum atomic E-state index is -0.114. The molecule has 0 spiro atoms. The number of hydrogen-bond donors (Lipinski definition) is 0. The number of allylic oxidation sites excluding steroid dienone is 1. The number of halogens is 1. The molecule has 1 heterocycles. The molecule has 0 atom stereocenters. The molecule has 0 amide bonds. The van der Waals surface area contributed by atoms with Crippen LogP contribution in [0.2, 0.25) is 5.02 Å². The van der Waals surface area contributed by atoms with Gasteiger partial charge in [-0.15, -0.1) is 6.58 Å². The number of hydrogen-bond acceptors (Lipinski definition) is 2. The van der Waals surface area contributed by atoms with Crippen molar-refractivity contribution in [3.8, 4) is 0 Å². The van der Waals surface area contributed by atoms with Crippen molar-refractivity contribution in [3.63, 3.8) is 0 Å². The molecule has 3 nitrogen and oxygen atoms in total. The second-order valence-corrected chi connectivity index (χ2v) is 5.09. The Hall–Kier alpha value is -2.39. The zero-order valence-corrected chi connectivity index (χ0v) is 12.0. The average Bonchev–Trinajstić information content (AvgIpc) is 2.85. The molecule has 2 aromatic carbocycles. The lowest BCUT2D eigenvalue weighted by Gasteiger charge is -2.07. The smallest absolute Gasteiger partial charge is 0.263 e. The number of carbonyl (C=O) groups is 1.